The third-order valence-electron chi connectivity index (χ3n) is 4.28. The van der Waals surface area contributed by atoms with Gasteiger partial charge in [-0.2, -0.15) is 0 Å². The van der Waals surface area contributed by atoms with Gasteiger partial charge in [0.2, 0.25) is 0 Å². The van der Waals surface area contributed by atoms with Gasteiger partial charge < -0.3 is 10.4 Å². The fourth-order valence-corrected chi connectivity index (χ4v) is 2.92. The van der Waals surface area contributed by atoms with Gasteiger partial charge in [-0.3, -0.25) is 15.2 Å². The number of anilines is 1. The van der Waals surface area contributed by atoms with Gasteiger partial charge in [0.1, 0.15) is 5.82 Å². The number of rotatable bonds is 6. The number of allylic oxidation sites excluding steroid dienone is 1. The molecule has 0 radical (unpaired) electrons. The topological polar surface area (TPSA) is 64.6 Å². The second-order valence-electron chi connectivity index (χ2n) is 6.24. The second-order valence-corrected chi connectivity index (χ2v) is 6.24. The number of nitrogens with zero attached hydrogens (tertiary/aromatic N) is 1. The van der Waals surface area contributed by atoms with Gasteiger partial charge in [0.25, 0.3) is 0 Å². The van der Waals surface area contributed by atoms with Crippen molar-refractivity contribution in [1.82, 2.24) is 10.4 Å². The molecule has 2 aromatic rings. The highest BCUT2D eigenvalue weighted by atomic mass is 19.1. The summed E-state index contributed by atoms with van der Waals surface area (Å²) in [4.78, 5) is 12.4. The van der Waals surface area contributed by atoms with Gasteiger partial charge in [0.05, 0.1) is 23.6 Å². The molecule has 140 valence electrons. The minimum Gasteiger partial charge on any atom is -0.392 e. The molecule has 6 heteroatoms. The van der Waals surface area contributed by atoms with Gasteiger partial charge in [0.15, 0.2) is 5.78 Å². The molecule has 0 amide bonds. The summed E-state index contributed by atoms with van der Waals surface area (Å²) in [5, 5.41) is 14.3. The van der Waals surface area contributed by atoms with Crippen LogP contribution in [0.4, 0.5) is 10.1 Å². The van der Waals surface area contributed by atoms with Gasteiger partial charge in [-0.25, -0.2) is 4.39 Å². The van der Waals surface area contributed by atoms with Gasteiger partial charge >= 0.3 is 0 Å². The normalized spacial score (nSPS) is 13.9. The average molecular weight is 367 g/mol. The van der Waals surface area contributed by atoms with E-state index in [1.807, 2.05) is 42.4 Å². The van der Waals surface area contributed by atoms with E-state index in [0.29, 0.717) is 29.1 Å². The minimum atomic E-state index is -0.364. The highest BCUT2D eigenvalue weighted by Crippen LogP contribution is 2.28. The van der Waals surface area contributed by atoms with Crippen LogP contribution < -0.4 is 10.7 Å². The SMILES string of the molecule is CCN1C=C(Nc2ccc(CO)cc2)C(C(C)=O)=C(c2cccc(F)c2)N1. The Morgan fingerprint density at radius 2 is 1.96 bits per heavy atom. The summed E-state index contributed by atoms with van der Waals surface area (Å²) in [6, 6.07) is 13.5. The molecule has 1 aliphatic heterocycles. The lowest BCUT2D eigenvalue weighted by Crippen LogP contribution is -2.38. The first-order valence-electron chi connectivity index (χ1n) is 8.75. The van der Waals surface area contributed by atoms with E-state index in [2.05, 4.69) is 10.7 Å². The van der Waals surface area contributed by atoms with E-state index in [1.54, 1.807) is 12.1 Å². The van der Waals surface area contributed by atoms with E-state index in [1.165, 1.54) is 19.1 Å². The number of benzene rings is 2. The molecule has 0 bridgehead atoms. The molecule has 0 saturated heterocycles. The van der Waals surface area contributed by atoms with Crippen molar-refractivity contribution in [3.8, 4) is 0 Å². The van der Waals surface area contributed by atoms with Gasteiger partial charge in [-0.05, 0) is 43.7 Å². The molecule has 2 aromatic carbocycles. The average Bonchev–Trinajstić information content (AvgIpc) is 2.67. The molecule has 3 rings (SSSR count). The zero-order valence-corrected chi connectivity index (χ0v) is 15.3. The number of Topliss-reactive ketones (excluding diaryl/α,β-unsaturated/α-hetero) is 1. The van der Waals surface area contributed by atoms with Crippen LogP contribution in [0.5, 0.6) is 0 Å². The van der Waals surface area contributed by atoms with Crippen LogP contribution in [0.1, 0.15) is 25.0 Å². The van der Waals surface area contributed by atoms with Crippen LogP contribution in [0.15, 0.2) is 66.0 Å². The second kappa shape index (κ2) is 8.05. The minimum absolute atomic E-state index is 0.0289. The Kier molecular flexibility index (Phi) is 5.57. The molecule has 0 fully saturated rings. The standard InChI is InChI=1S/C21H22FN3O2/c1-3-25-12-19(23-18-9-7-15(13-26)8-10-18)20(14(2)27)21(24-25)16-5-4-6-17(22)11-16/h4-12,23-24,26H,3,13H2,1-2H3. The maximum absolute atomic E-state index is 13.7. The van der Waals surface area contributed by atoms with E-state index in [9.17, 15) is 14.3 Å². The lowest BCUT2D eigenvalue weighted by atomic mass is 9.99. The number of carbonyl (C=O) groups excluding carboxylic acids is 1. The maximum atomic E-state index is 13.7. The summed E-state index contributed by atoms with van der Waals surface area (Å²) < 4.78 is 13.7. The number of aliphatic hydroxyl groups excluding tert-OH is 1. The van der Waals surface area contributed by atoms with Crippen LogP contribution in [0.3, 0.4) is 0 Å². The lowest BCUT2D eigenvalue weighted by molar-refractivity contribution is -0.113. The van der Waals surface area contributed by atoms with Crippen molar-refractivity contribution in [1.29, 1.82) is 0 Å². The molecule has 5 nitrogen and oxygen atoms in total. The summed E-state index contributed by atoms with van der Waals surface area (Å²) in [7, 11) is 0. The third-order valence-corrected chi connectivity index (χ3v) is 4.28. The molecule has 0 atom stereocenters. The first-order valence-corrected chi connectivity index (χ1v) is 8.75. The number of hydrogen-bond donors (Lipinski definition) is 3. The molecule has 0 unspecified atom stereocenters. The number of ketones is 1. The van der Waals surface area contributed by atoms with E-state index < -0.39 is 0 Å². The van der Waals surface area contributed by atoms with Crippen molar-refractivity contribution < 1.29 is 14.3 Å². The van der Waals surface area contributed by atoms with Crippen LogP contribution in [-0.4, -0.2) is 22.4 Å². The van der Waals surface area contributed by atoms with E-state index in [4.69, 9.17) is 0 Å². The fourth-order valence-electron chi connectivity index (χ4n) is 2.92. The zero-order valence-electron chi connectivity index (χ0n) is 15.3. The zero-order chi connectivity index (χ0) is 19.4. The van der Waals surface area contributed by atoms with E-state index in [0.717, 1.165) is 11.3 Å². The van der Waals surface area contributed by atoms with Crippen molar-refractivity contribution in [2.75, 3.05) is 11.9 Å². The van der Waals surface area contributed by atoms with Gasteiger partial charge in [-0.1, -0.05) is 24.3 Å². The van der Waals surface area contributed by atoms with Crippen LogP contribution in [0, 0.1) is 5.82 Å². The van der Waals surface area contributed by atoms with E-state index in [-0.39, 0.29) is 18.2 Å². The van der Waals surface area contributed by atoms with Crippen molar-refractivity contribution in [2.24, 2.45) is 0 Å². The first kappa shape index (κ1) is 18.7. The Balaban J connectivity index is 2.05. The molecular formula is C21H22FN3O2. The van der Waals surface area contributed by atoms with E-state index >= 15 is 0 Å². The Labute approximate surface area is 157 Å². The molecule has 0 aromatic heterocycles. The Morgan fingerprint density at radius 1 is 1.22 bits per heavy atom. The Hall–Kier alpha value is -3.12. The number of halogens is 1. The highest BCUT2D eigenvalue weighted by Gasteiger charge is 2.24. The number of nitrogens with one attached hydrogen (secondary N) is 2. The number of hydrogen-bond acceptors (Lipinski definition) is 5. The van der Waals surface area contributed by atoms with Crippen molar-refractivity contribution >= 4 is 17.2 Å². The predicted molar refractivity (Wildman–Crippen MR) is 104 cm³/mol. The maximum Gasteiger partial charge on any atom is 0.164 e. The molecule has 27 heavy (non-hydrogen) atoms. The summed E-state index contributed by atoms with van der Waals surface area (Å²) in [6.07, 6.45) is 1.82. The Bertz CT molecular complexity index is 904. The lowest BCUT2D eigenvalue weighted by Gasteiger charge is -2.31. The molecular weight excluding hydrogens is 345 g/mol. The smallest absolute Gasteiger partial charge is 0.164 e. The molecule has 0 aliphatic carbocycles. The highest BCUT2D eigenvalue weighted by molar-refractivity contribution is 6.06. The van der Waals surface area contributed by atoms with Crippen molar-refractivity contribution in [3.63, 3.8) is 0 Å². The van der Waals surface area contributed by atoms with Gasteiger partial charge in [0, 0.05) is 24.0 Å². The third kappa shape index (κ3) is 4.17. The molecule has 0 spiro atoms. The summed E-state index contributed by atoms with van der Waals surface area (Å²) in [5.74, 6) is -0.500. The quantitative estimate of drug-likeness (QED) is 0.730. The number of carbonyl (C=O) groups is 1. The molecule has 0 saturated carbocycles. The van der Waals surface area contributed by atoms with Crippen LogP contribution >= 0.6 is 0 Å². The largest absolute Gasteiger partial charge is 0.392 e. The van der Waals surface area contributed by atoms with Crippen LogP contribution in [-0.2, 0) is 11.4 Å². The summed E-state index contributed by atoms with van der Waals surface area (Å²) in [6.45, 7) is 4.08. The molecule has 3 N–H and O–H groups in total. The predicted octanol–water partition coefficient (Wildman–Crippen LogP) is 3.41. The van der Waals surface area contributed by atoms with Crippen LogP contribution in [0.25, 0.3) is 5.70 Å². The fraction of sp³-hybridized carbons (Fsp3) is 0.190. The van der Waals surface area contributed by atoms with Crippen LogP contribution in [0.2, 0.25) is 0 Å². The molecule has 1 heterocycles. The van der Waals surface area contributed by atoms with Crippen molar-refractivity contribution in [2.45, 2.75) is 20.5 Å². The monoisotopic (exact) mass is 367 g/mol. The van der Waals surface area contributed by atoms with Gasteiger partial charge in [-0.15, -0.1) is 0 Å². The number of aliphatic hydroxyl groups is 1. The Morgan fingerprint density at radius 3 is 2.56 bits per heavy atom. The first-order chi connectivity index (χ1) is 13.0. The van der Waals surface area contributed by atoms with Crippen molar-refractivity contribution in [3.05, 3.63) is 82.9 Å². The number of hydrazine groups is 1. The molecule has 1 aliphatic rings. The summed E-state index contributed by atoms with van der Waals surface area (Å²) >= 11 is 0. The summed E-state index contributed by atoms with van der Waals surface area (Å²) in [5.41, 5.74) is 7.01.